The molecule has 0 saturated heterocycles. The average molecular weight is 488 g/mol. The van der Waals surface area contributed by atoms with E-state index in [1.165, 1.54) is 12.0 Å². The molecular formula is C24H20BrF2NO3. The molecule has 0 aliphatic carbocycles. The molecule has 1 aliphatic heterocycles. The number of carbonyl (C=O) groups excluding carboxylic acids is 1. The molecule has 1 atom stereocenters. The Morgan fingerprint density at radius 3 is 2.58 bits per heavy atom. The van der Waals surface area contributed by atoms with Gasteiger partial charge in [0.25, 0.3) is 0 Å². The summed E-state index contributed by atoms with van der Waals surface area (Å²) in [6.07, 6.45) is -0.0927. The van der Waals surface area contributed by atoms with Gasteiger partial charge < -0.3 is 9.47 Å². The maximum atomic E-state index is 15.1. The van der Waals surface area contributed by atoms with Crippen molar-refractivity contribution in [2.24, 2.45) is 0 Å². The number of para-hydroxylation sites is 1. The quantitative estimate of drug-likeness (QED) is 0.390. The third-order valence-electron chi connectivity index (χ3n) is 5.36. The van der Waals surface area contributed by atoms with Crippen molar-refractivity contribution in [2.45, 2.75) is 25.5 Å². The van der Waals surface area contributed by atoms with Crippen molar-refractivity contribution in [3.63, 3.8) is 0 Å². The van der Waals surface area contributed by atoms with Crippen LogP contribution in [0.5, 0.6) is 5.75 Å². The van der Waals surface area contributed by atoms with Crippen molar-refractivity contribution in [1.29, 1.82) is 0 Å². The normalized spacial score (nSPS) is 15.4. The number of nitrogens with zero attached hydrogens (tertiary/aromatic N) is 1. The second-order valence-corrected chi connectivity index (χ2v) is 8.04. The van der Waals surface area contributed by atoms with Gasteiger partial charge in [0.2, 0.25) is 0 Å². The summed E-state index contributed by atoms with van der Waals surface area (Å²) in [6.45, 7) is 0.0186. The zero-order valence-corrected chi connectivity index (χ0v) is 18.4. The molecule has 7 heteroatoms. The van der Waals surface area contributed by atoms with Gasteiger partial charge in [0, 0.05) is 11.1 Å². The third-order valence-corrected chi connectivity index (χ3v) is 5.94. The predicted molar refractivity (Wildman–Crippen MR) is 117 cm³/mol. The molecule has 0 aromatic heterocycles. The molecule has 0 fully saturated rings. The van der Waals surface area contributed by atoms with Gasteiger partial charge in [-0.05, 0) is 46.5 Å². The van der Waals surface area contributed by atoms with Crippen molar-refractivity contribution in [1.82, 2.24) is 0 Å². The molecular weight excluding hydrogens is 468 g/mol. The fourth-order valence-electron chi connectivity index (χ4n) is 3.93. The number of fused-ring (bicyclic) bond motifs is 1. The predicted octanol–water partition coefficient (Wildman–Crippen LogP) is 6.57. The van der Waals surface area contributed by atoms with Crippen LogP contribution in [0.4, 0.5) is 19.3 Å². The number of carbonyl (C=O) groups is 1. The molecule has 0 radical (unpaired) electrons. The smallest absolute Gasteiger partial charge is 0.415 e. The SMILES string of the molecule is COc1ccccc1C1CCc2c(F)c(Br)cc(F)c2N1C(=O)OCc1ccccc1. The van der Waals surface area contributed by atoms with E-state index >= 15 is 4.39 Å². The van der Waals surface area contributed by atoms with Crippen molar-refractivity contribution < 1.29 is 23.0 Å². The van der Waals surface area contributed by atoms with Crippen LogP contribution in [-0.4, -0.2) is 13.2 Å². The highest BCUT2D eigenvalue weighted by Crippen LogP contribution is 2.45. The standard InChI is InChI=1S/C24H20BrF2NO3/c1-30-21-10-6-5-9-16(21)20-12-11-17-22(27)18(25)13-19(26)23(17)28(20)24(29)31-14-15-7-3-2-4-8-15/h2-10,13,20H,11-12,14H2,1H3. The first-order chi connectivity index (χ1) is 15.0. The maximum absolute atomic E-state index is 15.1. The zero-order valence-electron chi connectivity index (χ0n) is 16.8. The molecule has 0 N–H and O–H groups in total. The summed E-state index contributed by atoms with van der Waals surface area (Å²) in [4.78, 5) is 14.4. The summed E-state index contributed by atoms with van der Waals surface area (Å²) >= 11 is 3.06. The largest absolute Gasteiger partial charge is 0.496 e. The van der Waals surface area contributed by atoms with Crippen LogP contribution in [0.2, 0.25) is 0 Å². The summed E-state index contributed by atoms with van der Waals surface area (Å²) in [6, 6.07) is 16.9. The molecule has 4 rings (SSSR count). The highest BCUT2D eigenvalue weighted by molar-refractivity contribution is 9.10. The number of hydrogen-bond acceptors (Lipinski definition) is 3. The number of methoxy groups -OCH3 is 1. The van der Waals surface area contributed by atoms with E-state index in [9.17, 15) is 9.18 Å². The summed E-state index contributed by atoms with van der Waals surface area (Å²) in [5.41, 5.74) is 1.55. The minimum atomic E-state index is -0.749. The van der Waals surface area contributed by atoms with Crippen LogP contribution in [-0.2, 0) is 17.8 Å². The first-order valence-electron chi connectivity index (χ1n) is 9.80. The van der Waals surface area contributed by atoms with Gasteiger partial charge in [0.05, 0.1) is 23.3 Å². The van der Waals surface area contributed by atoms with Crippen LogP contribution in [0.3, 0.4) is 0 Å². The van der Waals surface area contributed by atoms with Crippen molar-refractivity contribution >= 4 is 27.7 Å². The van der Waals surface area contributed by atoms with Gasteiger partial charge in [-0.15, -0.1) is 0 Å². The lowest BCUT2D eigenvalue weighted by Gasteiger charge is -2.37. The Kier molecular flexibility index (Phi) is 6.23. The van der Waals surface area contributed by atoms with E-state index in [0.717, 1.165) is 11.6 Å². The Bertz CT molecular complexity index is 1110. The number of ether oxygens (including phenoxy) is 2. The zero-order chi connectivity index (χ0) is 22.0. The van der Waals surface area contributed by atoms with Crippen molar-refractivity contribution in [3.8, 4) is 5.75 Å². The molecule has 31 heavy (non-hydrogen) atoms. The second kappa shape index (κ2) is 9.06. The lowest BCUT2D eigenvalue weighted by atomic mass is 9.90. The molecule has 1 amide bonds. The third kappa shape index (κ3) is 4.14. The Balaban J connectivity index is 1.77. The van der Waals surface area contributed by atoms with Crippen LogP contribution in [0.25, 0.3) is 0 Å². The summed E-state index contributed by atoms with van der Waals surface area (Å²) in [5, 5.41) is 0. The van der Waals surface area contributed by atoms with Crippen LogP contribution < -0.4 is 9.64 Å². The number of hydrogen-bond donors (Lipinski definition) is 0. The Labute approximate surface area is 187 Å². The first kappa shape index (κ1) is 21.3. The molecule has 1 aliphatic rings. The van der Waals surface area contributed by atoms with Gasteiger partial charge >= 0.3 is 6.09 Å². The monoisotopic (exact) mass is 487 g/mol. The van der Waals surface area contributed by atoms with Crippen LogP contribution in [0.15, 0.2) is 65.1 Å². The van der Waals surface area contributed by atoms with Gasteiger partial charge in [-0.1, -0.05) is 48.5 Å². The minimum absolute atomic E-state index is 0.0186. The van der Waals surface area contributed by atoms with Gasteiger partial charge in [0.15, 0.2) is 0 Å². The lowest BCUT2D eigenvalue weighted by Crippen LogP contribution is -2.40. The molecule has 0 spiro atoms. The maximum Gasteiger partial charge on any atom is 0.415 e. The van der Waals surface area contributed by atoms with E-state index in [1.54, 1.807) is 6.07 Å². The number of halogens is 3. The Morgan fingerprint density at radius 2 is 1.84 bits per heavy atom. The molecule has 3 aromatic rings. The first-order valence-corrected chi connectivity index (χ1v) is 10.6. The van der Waals surface area contributed by atoms with E-state index in [4.69, 9.17) is 9.47 Å². The van der Waals surface area contributed by atoms with Gasteiger partial charge in [-0.25, -0.2) is 13.6 Å². The summed E-state index contributed by atoms with van der Waals surface area (Å²) in [7, 11) is 1.53. The summed E-state index contributed by atoms with van der Waals surface area (Å²) in [5.74, 6) is -0.704. The number of anilines is 1. The molecule has 1 unspecified atom stereocenters. The average Bonchev–Trinajstić information content (AvgIpc) is 2.80. The molecule has 1 heterocycles. The number of amides is 1. The van der Waals surface area contributed by atoms with E-state index in [1.807, 2.05) is 48.5 Å². The summed E-state index contributed by atoms with van der Waals surface area (Å²) < 4.78 is 40.9. The second-order valence-electron chi connectivity index (χ2n) is 7.19. The van der Waals surface area contributed by atoms with Crippen molar-refractivity contribution in [3.05, 3.63) is 93.5 Å². The Morgan fingerprint density at radius 1 is 1.13 bits per heavy atom. The topological polar surface area (TPSA) is 38.8 Å². The molecule has 4 nitrogen and oxygen atoms in total. The van der Waals surface area contributed by atoms with E-state index in [0.29, 0.717) is 17.7 Å². The lowest BCUT2D eigenvalue weighted by molar-refractivity contribution is 0.143. The fraction of sp³-hybridized carbons (Fsp3) is 0.208. The highest BCUT2D eigenvalue weighted by atomic mass is 79.9. The van der Waals surface area contributed by atoms with Crippen LogP contribution in [0.1, 0.15) is 29.2 Å². The van der Waals surface area contributed by atoms with E-state index in [2.05, 4.69) is 15.9 Å². The fourth-order valence-corrected chi connectivity index (χ4v) is 4.37. The van der Waals surface area contributed by atoms with Crippen molar-refractivity contribution in [2.75, 3.05) is 12.0 Å². The van der Waals surface area contributed by atoms with Crippen LogP contribution in [0, 0.1) is 11.6 Å². The number of benzene rings is 3. The number of rotatable bonds is 4. The highest BCUT2D eigenvalue weighted by Gasteiger charge is 2.38. The van der Waals surface area contributed by atoms with Gasteiger partial charge in [-0.2, -0.15) is 0 Å². The minimum Gasteiger partial charge on any atom is -0.496 e. The van der Waals surface area contributed by atoms with E-state index < -0.39 is 23.8 Å². The molecule has 0 bridgehead atoms. The molecule has 3 aromatic carbocycles. The van der Waals surface area contributed by atoms with Crippen LogP contribution >= 0.6 is 15.9 Å². The van der Waals surface area contributed by atoms with Gasteiger partial charge in [0.1, 0.15) is 24.0 Å². The molecule has 0 saturated carbocycles. The van der Waals surface area contributed by atoms with Gasteiger partial charge in [-0.3, -0.25) is 4.90 Å². The van der Waals surface area contributed by atoms with E-state index in [-0.39, 0.29) is 28.8 Å². The Hall–Kier alpha value is -2.93. The molecule has 160 valence electrons.